The lowest BCUT2D eigenvalue weighted by Crippen LogP contribution is -2.61. The van der Waals surface area contributed by atoms with Gasteiger partial charge in [0.1, 0.15) is 25.4 Å². The predicted octanol–water partition coefficient (Wildman–Crippen LogP) is 11.5. The van der Waals surface area contributed by atoms with Crippen molar-refractivity contribution in [3.63, 3.8) is 0 Å². The van der Waals surface area contributed by atoms with Crippen LogP contribution in [0.1, 0.15) is 45.9 Å². The largest absolute Gasteiger partial charge is 0.485 e. The van der Waals surface area contributed by atoms with E-state index in [9.17, 15) is 14.2 Å². The van der Waals surface area contributed by atoms with Crippen LogP contribution in [0.5, 0.6) is 11.5 Å². The van der Waals surface area contributed by atoms with Gasteiger partial charge in [0.15, 0.2) is 11.5 Å². The van der Waals surface area contributed by atoms with Gasteiger partial charge in [-0.1, -0.05) is 188 Å². The molecule has 0 aliphatic rings. The minimum atomic E-state index is -4.19. The number of hydrogen-bond donors (Lipinski definition) is 1. The summed E-state index contributed by atoms with van der Waals surface area (Å²) in [5.74, 6) is -0.0348. The van der Waals surface area contributed by atoms with Crippen molar-refractivity contribution in [2.75, 3.05) is 6.79 Å². The first-order valence-corrected chi connectivity index (χ1v) is 23.2. The number of hydrazine groups is 1. The zero-order valence-corrected chi connectivity index (χ0v) is 38.1. The van der Waals surface area contributed by atoms with Crippen molar-refractivity contribution in [2.24, 2.45) is 0 Å². The van der Waals surface area contributed by atoms with Crippen LogP contribution in [-0.2, 0) is 78.4 Å². The van der Waals surface area contributed by atoms with Crippen molar-refractivity contribution in [2.45, 2.75) is 58.5 Å². The molecule has 67 heavy (non-hydrogen) atoms. The number of nitrogens with zero attached hydrogens (tertiary/aromatic N) is 1. The van der Waals surface area contributed by atoms with E-state index < -0.39 is 32.2 Å². The Morgan fingerprint density at radius 3 is 1.40 bits per heavy atom. The minimum absolute atomic E-state index is 0.000902. The number of ether oxygens (including phenoxy) is 4. The first-order chi connectivity index (χ1) is 32.7. The molecule has 0 radical (unpaired) electrons. The van der Waals surface area contributed by atoms with E-state index >= 15 is 0 Å². The van der Waals surface area contributed by atoms with Crippen LogP contribution in [0.2, 0.25) is 0 Å². The van der Waals surface area contributed by atoms with Gasteiger partial charge < -0.3 is 18.9 Å². The molecule has 344 valence electrons. The summed E-state index contributed by atoms with van der Waals surface area (Å²) < 4.78 is 55.7. The van der Waals surface area contributed by atoms with Gasteiger partial charge in [-0.15, -0.1) is 0 Å². The molecular weight excluding hydrogens is 868 g/mol. The fraction of sp³-hybridized carbons (Fsp3) is 0.185. The van der Waals surface area contributed by atoms with Crippen molar-refractivity contribution >= 4 is 19.9 Å². The third-order valence-corrected chi connectivity index (χ3v) is 11.9. The standard InChI is InChI=1S/C54H53N2O10P/c1-54(52(57)61-38-45-24-12-4-13-25-45,56(36-43-20-8-2-9-21-43)55-53(58)62-39-46-26-14-5-15-27-46)35-49-32-33-50(51(34-49)60-37-44-22-10-3-11-23-44)63-42-66-67(59,64-40-47-28-16-6-17-29-47)65-41-48-30-18-7-19-31-48/h2-34H,35-42H2,1H3,(H,55,58)/t54-/m0/s1. The van der Waals surface area contributed by atoms with Crippen LogP contribution in [0.4, 0.5) is 4.79 Å². The van der Waals surface area contributed by atoms with Gasteiger partial charge in [0.2, 0.25) is 6.79 Å². The van der Waals surface area contributed by atoms with Crippen molar-refractivity contribution < 1.29 is 46.7 Å². The molecule has 0 saturated carbocycles. The lowest BCUT2D eigenvalue weighted by molar-refractivity contribution is -0.161. The zero-order valence-electron chi connectivity index (χ0n) is 37.2. The Bertz CT molecular complexity index is 2580. The second-order valence-corrected chi connectivity index (χ2v) is 17.3. The number of carbonyl (C=O) groups excluding carboxylic acids is 2. The first kappa shape index (κ1) is 47.9. The fourth-order valence-corrected chi connectivity index (χ4v) is 7.89. The summed E-state index contributed by atoms with van der Waals surface area (Å²) in [7, 11) is -4.19. The quantitative estimate of drug-likeness (QED) is 0.0269. The maximum atomic E-state index is 14.6. The SMILES string of the molecule is C[C@](Cc1ccc(OCOP(=O)(OCc2ccccc2)OCc2ccccc2)c(OCc2ccccc2)c1)(C(=O)OCc1ccccc1)N(Cc1ccccc1)NC(=O)OCc1ccccc1. The Kier molecular flexibility index (Phi) is 17.5. The van der Waals surface area contributed by atoms with Crippen LogP contribution in [-0.4, -0.2) is 29.4 Å². The van der Waals surface area contributed by atoms with Gasteiger partial charge in [-0.2, -0.15) is 5.01 Å². The molecule has 13 heteroatoms. The monoisotopic (exact) mass is 920 g/mol. The van der Waals surface area contributed by atoms with E-state index in [2.05, 4.69) is 5.43 Å². The summed E-state index contributed by atoms with van der Waals surface area (Å²) in [6.45, 7) is 1.44. The average molecular weight is 921 g/mol. The third-order valence-electron chi connectivity index (χ3n) is 10.6. The predicted molar refractivity (Wildman–Crippen MR) is 254 cm³/mol. The summed E-state index contributed by atoms with van der Waals surface area (Å²) in [6, 6.07) is 61.5. The molecule has 0 saturated heterocycles. The van der Waals surface area contributed by atoms with Crippen molar-refractivity contribution in [3.8, 4) is 11.5 Å². The molecule has 7 aromatic rings. The van der Waals surface area contributed by atoms with Crippen LogP contribution in [0.3, 0.4) is 0 Å². The zero-order chi connectivity index (χ0) is 46.6. The molecule has 12 nitrogen and oxygen atoms in total. The molecule has 0 bridgehead atoms. The fourth-order valence-electron chi connectivity index (χ4n) is 6.87. The van der Waals surface area contributed by atoms with Gasteiger partial charge in [0.05, 0.1) is 13.2 Å². The molecule has 0 spiro atoms. The van der Waals surface area contributed by atoms with Crippen LogP contribution >= 0.6 is 7.82 Å². The number of carbonyl (C=O) groups is 2. The van der Waals surface area contributed by atoms with E-state index in [1.54, 1.807) is 30.1 Å². The normalized spacial score (nSPS) is 12.1. The number of hydrogen-bond acceptors (Lipinski definition) is 11. The number of benzene rings is 7. The Morgan fingerprint density at radius 2 is 0.910 bits per heavy atom. The molecule has 0 aliphatic heterocycles. The van der Waals surface area contributed by atoms with Gasteiger partial charge in [-0.25, -0.2) is 18.7 Å². The van der Waals surface area contributed by atoms with Crippen LogP contribution in [0.25, 0.3) is 0 Å². The molecular formula is C54H53N2O10P. The maximum absolute atomic E-state index is 14.6. The highest BCUT2D eigenvalue weighted by atomic mass is 31.2. The number of rotatable bonds is 24. The molecule has 1 atom stereocenters. The summed E-state index contributed by atoms with van der Waals surface area (Å²) >= 11 is 0. The van der Waals surface area contributed by atoms with Crippen LogP contribution < -0.4 is 14.9 Å². The molecule has 0 aliphatic carbocycles. The Labute approximate surface area is 391 Å². The highest BCUT2D eigenvalue weighted by Gasteiger charge is 2.43. The molecule has 0 fully saturated rings. The lowest BCUT2D eigenvalue weighted by atomic mass is 9.91. The highest BCUT2D eigenvalue weighted by molar-refractivity contribution is 7.48. The Balaban J connectivity index is 1.16. The topological polar surface area (TPSA) is 131 Å². The van der Waals surface area contributed by atoms with Gasteiger partial charge >= 0.3 is 19.9 Å². The van der Waals surface area contributed by atoms with E-state index in [0.717, 1.165) is 33.4 Å². The molecule has 7 rings (SSSR count). The van der Waals surface area contributed by atoms with Crippen molar-refractivity contribution in [1.29, 1.82) is 0 Å². The van der Waals surface area contributed by atoms with E-state index in [0.29, 0.717) is 11.3 Å². The van der Waals surface area contributed by atoms with E-state index in [1.165, 1.54) is 0 Å². The number of esters is 1. The molecule has 1 N–H and O–H groups in total. The summed E-state index contributed by atoms with van der Waals surface area (Å²) in [6.07, 6.45) is -0.726. The molecule has 1 amide bonds. The maximum Gasteiger partial charge on any atom is 0.478 e. The smallest absolute Gasteiger partial charge is 0.478 e. The summed E-state index contributed by atoms with van der Waals surface area (Å²) in [4.78, 5) is 28.3. The highest BCUT2D eigenvalue weighted by Crippen LogP contribution is 2.51. The van der Waals surface area contributed by atoms with Gasteiger partial charge in [0.25, 0.3) is 0 Å². The van der Waals surface area contributed by atoms with E-state index in [1.807, 2.05) is 182 Å². The summed E-state index contributed by atoms with van der Waals surface area (Å²) in [5.41, 5.74) is 6.85. The third kappa shape index (κ3) is 15.0. The Morgan fingerprint density at radius 1 is 0.478 bits per heavy atom. The first-order valence-electron chi connectivity index (χ1n) is 21.8. The van der Waals surface area contributed by atoms with E-state index in [4.69, 9.17) is 32.5 Å². The number of amides is 1. The van der Waals surface area contributed by atoms with E-state index in [-0.39, 0.29) is 51.7 Å². The van der Waals surface area contributed by atoms with Gasteiger partial charge in [-0.05, 0) is 58.0 Å². The second-order valence-electron chi connectivity index (χ2n) is 15.7. The second kappa shape index (κ2) is 24.5. The van der Waals surface area contributed by atoms with Gasteiger partial charge in [-0.3, -0.25) is 14.5 Å². The number of phosphoric ester groups is 1. The molecule has 0 unspecified atom stereocenters. The molecule has 7 aromatic carbocycles. The minimum Gasteiger partial charge on any atom is -0.485 e. The lowest BCUT2D eigenvalue weighted by Gasteiger charge is -2.39. The van der Waals surface area contributed by atoms with Crippen molar-refractivity contribution in [1.82, 2.24) is 10.4 Å². The average Bonchev–Trinajstić information content (AvgIpc) is 3.37. The van der Waals surface area contributed by atoms with Crippen LogP contribution in [0, 0.1) is 0 Å². The van der Waals surface area contributed by atoms with Crippen molar-refractivity contribution in [3.05, 3.63) is 239 Å². The Hall–Kier alpha value is -7.05. The number of phosphoric acid groups is 1. The number of nitrogens with one attached hydrogen (secondary N) is 1. The van der Waals surface area contributed by atoms with Gasteiger partial charge in [0, 0.05) is 13.0 Å². The molecule has 0 aromatic heterocycles. The summed E-state index contributed by atoms with van der Waals surface area (Å²) in [5, 5.41) is 1.55. The van der Waals surface area contributed by atoms with Crippen LogP contribution in [0.15, 0.2) is 200 Å². The molecule has 0 heterocycles.